The van der Waals surface area contributed by atoms with E-state index >= 15 is 0 Å². The molecule has 4 heterocycles. The van der Waals surface area contributed by atoms with Crippen LogP contribution < -0.4 is 4.90 Å². The van der Waals surface area contributed by atoms with Gasteiger partial charge in [0.2, 0.25) is 0 Å². The first-order valence-corrected chi connectivity index (χ1v) is 9.83. The molecule has 2 aliphatic rings. The Labute approximate surface area is 162 Å². The number of aromatic nitrogens is 6. The Morgan fingerprint density at radius 1 is 1.07 bits per heavy atom. The lowest BCUT2D eigenvalue weighted by molar-refractivity contribution is 0.672. The van der Waals surface area contributed by atoms with E-state index in [2.05, 4.69) is 31.6 Å². The standard InChI is InChI=1S/C21H21N7/c1-26-18-9-10-27(12-17(18)25-19(26)14-7-8-14)20-16-11-24-28(21(16)23-13-22-20)15-5-3-2-4-6-15/h2-6,11,13-14H,7-10,12H2,1H3. The van der Waals surface area contributed by atoms with Crippen molar-refractivity contribution >= 4 is 16.9 Å². The molecular weight excluding hydrogens is 350 g/mol. The van der Waals surface area contributed by atoms with Gasteiger partial charge in [-0.05, 0) is 25.0 Å². The van der Waals surface area contributed by atoms with Crippen molar-refractivity contribution in [3.05, 3.63) is 60.1 Å². The molecule has 140 valence electrons. The Morgan fingerprint density at radius 3 is 2.75 bits per heavy atom. The SMILES string of the molecule is Cn1c(C2CC2)nc2c1CCN(c1ncnc3c1cnn3-c1ccccc1)C2. The van der Waals surface area contributed by atoms with E-state index in [1.165, 1.54) is 30.1 Å². The quantitative estimate of drug-likeness (QED) is 0.554. The zero-order valence-corrected chi connectivity index (χ0v) is 15.8. The minimum atomic E-state index is 0.666. The molecule has 7 heteroatoms. The lowest BCUT2D eigenvalue weighted by Gasteiger charge is -2.28. The van der Waals surface area contributed by atoms with Crippen LogP contribution in [0.5, 0.6) is 0 Å². The largest absolute Gasteiger partial charge is 0.350 e. The number of rotatable bonds is 3. The molecule has 0 unspecified atom stereocenters. The van der Waals surface area contributed by atoms with E-state index in [-0.39, 0.29) is 0 Å². The molecule has 0 spiro atoms. The number of imidazole rings is 1. The summed E-state index contributed by atoms with van der Waals surface area (Å²) in [7, 11) is 2.17. The lowest BCUT2D eigenvalue weighted by atomic mass is 10.1. The number of fused-ring (bicyclic) bond motifs is 2. The summed E-state index contributed by atoms with van der Waals surface area (Å²) in [6.45, 7) is 1.72. The molecule has 6 rings (SSSR count). The molecule has 28 heavy (non-hydrogen) atoms. The van der Waals surface area contributed by atoms with Crippen LogP contribution in [0.15, 0.2) is 42.9 Å². The summed E-state index contributed by atoms with van der Waals surface area (Å²) in [6.07, 6.45) is 7.06. The first-order chi connectivity index (χ1) is 13.8. The molecular formula is C21H21N7. The van der Waals surface area contributed by atoms with Gasteiger partial charge in [-0.1, -0.05) is 18.2 Å². The second-order valence-corrected chi connectivity index (χ2v) is 7.69. The number of benzene rings is 1. The van der Waals surface area contributed by atoms with E-state index in [1.807, 2.05) is 41.2 Å². The van der Waals surface area contributed by atoms with Crippen LogP contribution in [-0.2, 0) is 20.0 Å². The fourth-order valence-electron chi connectivity index (χ4n) is 4.28. The summed E-state index contributed by atoms with van der Waals surface area (Å²) in [4.78, 5) is 16.4. The molecule has 0 saturated heterocycles. The molecule has 0 N–H and O–H groups in total. The Balaban J connectivity index is 1.39. The summed E-state index contributed by atoms with van der Waals surface area (Å²) in [5.74, 6) is 2.87. The van der Waals surface area contributed by atoms with Gasteiger partial charge in [0, 0.05) is 31.6 Å². The van der Waals surface area contributed by atoms with Gasteiger partial charge in [-0.15, -0.1) is 0 Å². The Morgan fingerprint density at radius 2 is 1.93 bits per heavy atom. The van der Waals surface area contributed by atoms with Crippen LogP contribution in [0.1, 0.15) is 36.0 Å². The van der Waals surface area contributed by atoms with Gasteiger partial charge in [0.05, 0.1) is 29.5 Å². The summed E-state index contributed by atoms with van der Waals surface area (Å²) in [6, 6.07) is 10.1. The third kappa shape index (κ3) is 2.35. The minimum absolute atomic E-state index is 0.666. The van der Waals surface area contributed by atoms with Crippen molar-refractivity contribution in [1.82, 2.24) is 29.3 Å². The van der Waals surface area contributed by atoms with Crippen molar-refractivity contribution in [2.75, 3.05) is 11.4 Å². The number of para-hydroxylation sites is 1. The van der Waals surface area contributed by atoms with Gasteiger partial charge in [-0.25, -0.2) is 19.6 Å². The Hall–Kier alpha value is -3.22. The number of anilines is 1. The van der Waals surface area contributed by atoms with Gasteiger partial charge in [0.25, 0.3) is 0 Å². The van der Waals surface area contributed by atoms with Crippen LogP contribution >= 0.6 is 0 Å². The van der Waals surface area contributed by atoms with Gasteiger partial charge in [-0.2, -0.15) is 5.10 Å². The number of hydrogen-bond donors (Lipinski definition) is 0. The molecule has 1 fully saturated rings. The second-order valence-electron chi connectivity index (χ2n) is 7.69. The van der Waals surface area contributed by atoms with Gasteiger partial charge in [0.1, 0.15) is 18.0 Å². The topological polar surface area (TPSA) is 64.7 Å². The van der Waals surface area contributed by atoms with Gasteiger partial charge in [-0.3, -0.25) is 0 Å². The minimum Gasteiger partial charge on any atom is -0.350 e. The summed E-state index contributed by atoms with van der Waals surface area (Å²) in [5.41, 5.74) is 4.41. The molecule has 1 aliphatic carbocycles. The third-order valence-electron chi connectivity index (χ3n) is 5.88. The lowest BCUT2D eigenvalue weighted by Crippen LogP contribution is -2.31. The number of hydrogen-bond acceptors (Lipinski definition) is 5. The highest BCUT2D eigenvalue weighted by molar-refractivity contribution is 5.87. The number of nitrogens with zero attached hydrogens (tertiary/aromatic N) is 7. The van der Waals surface area contributed by atoms with Gasteiger partial charge >= 0.3 is 0 Å². The highest BCUT2D eigenvalue weighted by Crippen LogP contribution is 2.40. The third-order valence-corrected chi connectivity index (χ3v) is 5.88. The highest BCUT2D eigenvalue weighted by atomic mass is 15.3. The van der Waals surface area contributed by atoms with E-state index in [9.17, 15) is 0 Å². The average Bonchev–Trinajstić information content (AvgIpc) is 3.41. The van der Waals surface area contributed by atoms with Crippen LogP contribution in [0.3, 0.4) is 0 Å². The molecule has 4 aromatic rings. The predicted octanol–water partition coefficient (Wildman–Crippen LogP) is 2.99. The zero-order valence-electron chi connectivity index (χ0n) is 15.8. The van der Waals surface area contributed by atoms with Crippen LogP contribution in [0, 0.1) is 0 Å². The zero-order chi connectivity index (χ0) is 18.7. The van der Waals surface area contributed by atoms with E-state index in [4.69, 9.17) is 4.98 Å². The van der Waals surface area contributed by atoms with Crippen LogP contribution in [0.25, 0.3) is 16.7 Å². The van der Waals surface area contributed by atoms with Gasteiger partial charge in [0.15, 0.2) is 5.65 Å². The monoisotopic (exact) mass is 371 g/mol. The maximum absolute atomic E-state index is 4.98. The van der Waals surface area contributed by atoms with Crippen molar-refractivity contribution in [3.8, 4) is 5.69 Å². The molecule has 1 saturated carbocycles. The second kappa shape index (κ2) is 5.89. The van der Waals surface area contributed by atoms with Crippen molar-refractivity contribution in [1.29, 1.82) is 0 Å². The maximum Gasteiger partial charge on any atom is 0.168 e. The van der Waals surface area contributed by atoms with E-state index in [1.54, 1.807) is 6.33 Å². The molecule has 0 radical (unpaired) electrons. The maximum atomic E-state index is 4.98. The average molecular weight is 371 g/mol. The smallest absolute Gasteiger partial charge is 0.168 e. The summed E-state index contributed by atoms with van der Waals surface area (Å²) < 4.78 is 4.20. The molecule has 7 nitrogen and oxygen atoms in total. The van der Waals surface area contributed by atoms with Crippen molar-refractivity contribution in [2.45, 2.75) is 31.7 Å². The van der Waals surface area contributed by atoms with Crippen molar-refractivity contribution < 1.29 is 0 Å². The van der Waals surface area contributed by atoms with Crippen LogP contribution in [0.4, 0.5) is 5.82 Å². The summed E-state index contributed by atoms with van der Waals surface area (Å²) in [5, 5.41) is 5.56. The predicted molar refractivity (Wildman–Crippen MR) is 107 cm³/mol. The van der Waals surface area contributed by atoms with Crippen molar-refractivity contribution in [3.63, 3.8) is 0 Å². The summed E-state index contributed by atoms with van der Waals surface area (Å²) >= 11 is 0. The van der Waals surface area contributed by atoms with E-state index in [0.717, 1.165) is 42.0 Å². The van der Waals surface area contributed by atoms with E-state index < -0.39 is 0 Å². The van der Waals surface area contributed by atoms with Crippen molar-refractivity contribution in [2.24, 2.45) is 7.05 Å². The first-order valence-electron chi connectivity index (χ1n) is 9.83. The molecule has 3 aromatic heterocycles. The van der Waals surface area contributed by atoms with Gasteiger partial charge < -0.3 is 9.47 Å². The van der Waals surface area contributed by atoms with E-state index in [0.29, 0.717) is 5.92 Å². The van der Waals surface area contributed by atoms with Crippen LogP contribution in [-0.4, -0.2) is 35.8 Å². The molecule has 0 amide bonds. The van der Waals surface area contributed by atoms with Crippen LogP contribution in [0.2, 0.25) is 0 Å². The first kappa shape index (κ1) is 15.8. The Kier molecular flexibility index (Phi) is 3.32. The normalized spacial score (nSPS) is 16.5. The fraction of sp³-hybridized carbons (Fsp3) is 0.333. The fourth-order valence-corrected chi connectivity index (χ4v) is 4.28. The Bertz CT molecular complexity index is 1170. The molecule has 0 atom stereocenters. The highest BCUT2D eigenvalue weighted by Gasteiger charge is 2.32. The molecule has 0 bridgehead atoms. The molecule has 1 aromatic carbocycles. The molecule has 1 aliphatic heterocycles.